The molecular formula is C12H23N3O3. The molecule has 6 nitrogen and oxygen atoms in total. The number of nitrogens with one attached hydrogen (secondary N) is 1. The Hall–Kier alpha value is -1.30. The highest BCUT2D eigenvalue weighted by molar-refractivity contribution is 5.80. The Morgan fingerprint density at radius 3 is 2.44 bits per heavy atom. The number of piperidine rings is 1. The first kappa shape index (κ1) is 14.8. The first-order valence-electron chi connectivity index (χ1n) is 6.58. The van der Waals surface area contributed by atoms with Gasteiger partial charge in [0.2, 0.25) is 0 Å². The minimum absolute atomic E-state index is 0.0779. The quantitative estimate of drug-likeness (QED) is 0.778. The third-order valence-electron chi connectivity index (χ3n) is 3.30. The molecule has 1 fully saturated rings. The Morgan fingerprint density at radius 2 is 1.94 bits per heavy atom. The van der Waals surface area contributed by atoms with Crippen molar-refractivity contribution in [2.75, 3.05) is 19.6 Å². The standard InChI is InChI=1S/C12H23N3O3/c1-3-10(2)15(9-11(16)17)12(18)13-14-7-5-4-6-8-14/h10H,3-9H2,1-2H3,(H,13,18)(H,16,17). The van der Waals surface area contributed by atoms with Crippen molar-refractivity contribution >= 4 is 12.0 Å². The van der Waals surface area contributed by atoms with Gasteiger partial charge in [0.25, 0.3) is 0 Å². The summed E-state index contributed by atoms with van der Waals surface area (Å²) >= 11 is 0. The van der Waals surface area contributed by atoms with Gasteiger partial charge in [-0.15, -0.1) is 0 Å². The summed E-state index contributed by atoms with van der Waals surface area (Å²) in [6.07, 6.45) is 4.07. The first-order valence-corrected chi connectivity index (χ1v) is 6.58. The van der Waals surface area contributed by atoms with E-state index in [-0.39, 0.29) is 18.6 Å². The molecule has 0 aromatic heterocycles. The van der Waals surface area contributed by atoms with E-state index < -0.39 is 5.97 Å². The Bertz CT molecular complexity index is 290. The predicted octanol–water partition coefficient (Wildman–Crippen LogP) is 1.28. The van der Waals surface area contributed by atoms with Crippen LogP contribution in [0.2, 0.25) is 0 Å². The molecule has 0 spiro atoms. The van der Waals surface area contributed by atoms with E-state index in [1.807, 2.05) is 18.9 Å². The molecule has 1 unspecified atom stereocenters. The molecule has 6 heteroatoms. The lowest BCUT2D eigenvalue weighted by Crippen LogP contribution is -2.54. The van der Waals surface area contributed by atoms with E-state index in [0.29, 0.717) is 0 Å². The average molecular weight is 257 g/mol. The van der Waals surface area contributed by atoms with Crippen LogP contribution in [0.5, 0.6) is 0 Å². The van der Waals surface area contributed by atoms with Crippen molar-refractivity contribution in [1.29, 1.82) is 0 Å². The summed E-state index contributed by atoms with van der Waals surface area (Å²) in [6, 6.07) is -0.389. The molecule has 2 amide bonds. The Balaban J connectivity index is 2.54. The lowest BCUT2D eigenvalue weighted by molar-refractivity contribution is -0.138. The molecule has 104 valence electrons. The van der Waals surface area contributed by atoms with Gasteiger partial charge in [-0.2, -0.15) is 0 Å². The van der Waals surface area contributed by atoms with Crippen LogP contribution in [0.4, 0.5) is 4.79 Å². The van der Waals surface area contributed by atoms with E-state index in [4.69, 9.17) is 5.11 Å². The summed E-state index contributed by atoms with van der Waals surface area (Å²) in [5.74, 6) is -0.982. The Kier molecular flexibility index (Phi) is 5.91. The number of nitrogens with zero attached hydrogens (tertiary/aromatic N) is 2. The van der Waals surface area contributed by atoms with Crippen LogP contribution in [0.15, 0.2) is 0 Å². The average Bonchev–Trinajstić information content (AvgIpc) is 2.36. The van der Waals surface area contributed by atoms with Gasteiger partial charge in [0.05, 0.1) is 0 Å². The zero-order chi connectivity index (χ0) is 13.5. The molecule has 1 aliphatic heterocycles. The fourth-order valence-electron chi connectivity index (χ4n) is 2.00. The minimum Gasteiger partial charge on any atom is -0.480 e. The minimum atomic E-state index is -0.982. The van der Waals surface area contributed by atoms with Crippen LogP contribution >= 0.6 is 0 Å². The molecule has 1 atom stereocenters. The highest BCUT2D eigenvalue weighted by Crippen LogP contribution is 2.08. The zero-order valence-electron chi connectivity index (χ0n) is 11.2. The topological polar surface area (TPSA) is 72.9 Å². The number of carboxylic acid groups (broad SMARTS) is 1. The summed E-state index contributed by atoms with van der Waals surface area (Å²) in [7, 11) is 0. The van der Waals surface area contributed by atoms with Crippen LogP contribution in [0.3, 0.4) is 0 Å². The fourth-order valence-corrected chi connectivity index (χ4v) is 2.00. The lowest BCUT2D eigenvalue weighted by atomic mass is 10.2. The highest BCUT2D eigenvalue weighted by Gasteiger charge is 2.23. The summed E-state index contributed by atoms with van der Waals surface area (Å²) in [5, 5.41) is 10.7. The molecule has 1 heterocycles. The van der Waals surface area contributed by atoms with Crippen molar-refractivity contribution in [3.8, 4) is 0 Å². The van der Waals surface area contributed by atoms with E-state index in [0.717, 1.165) is 32.4 Å². The molecule has 0 aliphatic carbocycles. The summed E-state index contributed by atoms with van der Waals surface area (Å²) in [4.78, 5) is 24.2. The van der Waals surface area contributed by atoms with Gasteiger partial charge in [-0.05, 0) is 26.2 Å². The zero-order valence-corrected chi connectivity index (χ0v) is 11.2. The number of aliphatic carboxylic acids is 1. The summed E-state index contributed by atoms with van der Waals surface area (Å²) in [6.45, 7) is 5.22. The van der Waals surface area contributed by atoms with Gasteiger partial charge in [-0.3, -0.25) is 10.2 Å². The van der Waals surface area contributed by atoms with Gasteiger partial charge in [0.1, 0.15) is 6.54 Å². The van der Waals surface area contributed by atoms with E-state index >= 15 is 0 Å². The molecule has 0 radical (unpaired) electrons. The first-order chi connectivity index (χ1) is 8.54. The van der Waals surface area contributed by atoms with Gasteiger partial charge in [0, 0.05) is 19.1 Å². The molecule has 1 aliphatic rings. The molecule has 0 aromatic rings. The van der Waals surface area contributed by atoms with Crippen molar-refractivity contribution in [2.24, 2.45) is 0 Å². The third-order valence-corrected chi connectivity index (χ3v) is 3.30. The van der Waals surface area contributed by atoms with Gasteiger partial charge in [-0.1, -0.05) is 13.3 Å². The molecule has 0 aromatic carbocycles. The number of hydrazine groups is 1. The van der Waals surface area contributed by atoms with E-state index in [1.54, 1.807) is 0 Å². The SMILES string of the molecule is CCC(C)N(CC(=O)O)C(=O)NN1CCCCC1. The maximum atomic E-state index is 12.1. The van der Waals surface area contributed by atoms with Gasteiger partial charge in [-0.25, -0.2) is 9.80 Å². The number of carboxylic acids is 1. The van der Waals surface area contributed by atoms with Crippen molar-refractivity contribution in [2.45, 2.75) is 45.6 Å². The molecular weight excluding hydrogens is 234 g/mol. The summed E-state index contributed by atoms with van der Waals surface area (Å²) < 4.78 is 0. The number of hydrogen-bond donors (Lipinski definition) is 2. The van der Waals surface area contributed by atoms with Gasteiger partial charge >= 0.3 is 12.0 Å². The maximum Gasteiger partial charge on any atom is 0.332 e. The summed E-state index contributed by atoms with van der Waals surface area (Å²) in [5.41, 5.74) is 2.80. The van der Waals surface area contributed by atoms with Crippen LogP contribution < -0.4 is 5.43 Å². The lowest BCUT2D eigenvalue weighted by Gasteiger charge is -2.32. The number of carbonyl (C=O) groups is 2. The van der Waals surface area contributed by atoms with Crippen LogP contribution in [0.1, 0.15) is 39.5 Å². The maximum absolute atomic E-state index is 12.1. The van der Waals surface area contributed by atoms with E-state index in [1.165, 1.54) is 11.3 Å². The van der Waals surface area contributed by atoms with Gasteiger partial charge < -0.3 is 10.0 Å². The fraction of sp³-hybridized carbons (Fsp3) is 0.833. The molecule has 0 bridgehead atoms. The largest absolute Gasteiger partial charge is 0.480 e. The molecule has 1 rings (SSSR count). The Labute approximate surface area is 108 Å². The monoisotopic (exact) mass is 257 g/mol. The number of amides is 2. The number of urea groups is 1. The number of rotatable bonds is 5. The van der Waals surface area contributed by atoms with Gasteiger partial charge in [0.15, 0.2) is 0 Å². The van der Waals surface area contributed by atoms with Crippen molar-refractivity contribution in [3.05, 3.63) is 0 Å². The normalized spacial score (nSPS) is 18.1. The number of hydrogen-bond acceptors (Lipinski definition) is 3. The molecule has 0 saturated carbocycles. The predicted molar refractivity (Wildman–Crippen MR) is 68.1 cm³/mol. The highest BCUT2D eigenvalue weighted by atomic mass is 16.4. The second-order valence-corrected chi connectivity index (χ2v) is 4.74. The van der Waals surface area contributed by atoms with Crippen molar-refractivity contribution in [1.82, 2.24) is 15.3 Å². The van der Waals surface area contributed by atoms with Crippen LogP contribution in [0.25, 0.3) is 0 Å². The van der Waals surface area contributed by atoms with E-state index in [2.05, 4.69) is 5.43 Å². The van der Waals surface area contributed by atoms with Crippen LogP contribution in [0, 0.1) is 0 Å². The molecule has 1 saturated heterocycles. The second-order valence-electron chi connectivity index (χ2n) is 4.74. The third kappa shape index (κ3) is 4.52. The molecule has 2 N–H and O–H groups in total. The van der Waals surface area contributed by atoms with E-state index in [9.17, 15) is 9.59 Å². The van der Waals surface area contributed by atoms with Crippen LogP contribution in [-0.4, -0.2) is 52.7 Å². The Morgan fingerprint density at radius 1 is 1.33 bits per heavy atom. The van der Waals surface area contributed by atoms with Crippen molar-refractivity contribution in [3.63, 3.8) is 0 Å². The van der Waals surface area contributed by atoms with Crippen LogP contribution in [-0.2, 0) is 4.79 Å². The van der Waals surface area contributed by atoms with Crippen molar-refractivity contribution < 1.29 is 14.7 Å². The number of carbonyl (C=O) groups excluding carboxylic acids is 1. The smallest absolute Gasteiger partial charge is 0.332 e. The second kappa shape index (κ2) is 7.20. The molecule has 18 heavy (non-hydrogen) atoms.